The third kappa shape index (κ3) is 1.67. The Morgan fingerprint density at radius 3 is 2.65 bits per heavy atom. The summed E-state index contributed by atoms with van der Waals surface area (Å²) in [5.74, 6) is -1.42. The molecular formula is C15H14O5. The van der Waals surface area contributed by atoms with Crippen LogP contribution in [0.4, 0.5) is 0 Å². The molecule has 2 aliphatic rings. The molecule has 0 fully saturated rings. The predicted octanol–water partition coefficient (Wildman–Crippen LogP) is 1.59. The van der Waals surface area contributed by atoms with Gasteiger partial charge in [-0.15, -0.1) is 0 Å². The van der Waals surface area contributed by atoms with Crippen LogP contribution in [0.2, 0.25) is 0 Å². The normalized spacial score (nSPS) is 24.1. The average Bonchev–Trinajstić information content (AvgIpc) is 2.33. The fraction of sp³-hybridized carbons (Fsp3) is 0.333. The third-order valence-corrected chi connectivity index (χ3v) is 3.61. The largest absolute Gasteiger partial charge is 0.507 e. The first-order valence-corrected chi connectivity index (χ1v) is 6.34. The predicted molar refractivity (Wildman–Crippen MR) is 69.6 cm³/mol. The number of carbonyl (C=O) groups excluding carboxylic acids is 2. The molecule has 5 heteroatoms. The molecule has 0 amide bonds. The minimum Gasteiger partial charge on any atom is -0.507 e. The molecule has 0 saturated heterocycles. The summed E-state index contributed by atoms with van der Waals surface area (Å²) in [5, 5.41) is 20.0. The van der Waals surface area contributed by atoms with Crippen LogP contribution in [-0.4, -0.2) is 33.5 Å². The van der Waals surface area contributed by atoms with Gasteiger partial charge in [0.25, 0.3) is 0 Å². The minimum atomic E-state index is -1.04. The minimum absolute atomic E-state index is 0.00701. The van der Waals surface area contributed by atoms with Gasteiger partial charge in [-0.2, -0.15) is 0 Å². The summed E-state index contributed by atoms with van der Waals surface area (Å²) in [4.78, 5) is 24.9. The van der Waals surface area contributed by atoms with Gasteiger partial charge in [-0.25, -0.2) is 0 Å². The molecule has 5 nitrogen and oxygen atoms in total. The molecular weight excluding hydrogens is 260 g/mol. The maximum atomic E-state index is 12.4. The van der Waals surface area contributed by atoms with Crippen LogP contribution in [0.1, 0.15) is 41.0 Å². The third-order valence-electron chi connectivity index (χ3n) is 3.61. The molecule has 1 heterocycles. The number of Topliss-reactive ketones (excluding diaryl/α,β-unsaturated/α-hetero) is 2. The molecule has 20 heavy (non-hydrogen) atoms. The summed E-state index contributed by atoms with van der Waals surface area (Å²) in [6.45, 7) is 3.47. The van der Waals surface area contributed by atoms with E-state index in [4.69, 9.17) is 4.74 Å². The van der Waals surface area contributed by atoms with E-state index in [1.165, 1.54) is 18.2 Å². The zero-order valence-electron chi connectivity index (χ0n) is 11.1. The van der Waals surface area contributed by atoms with Gasteiger partial charge in [-0.05, 0) is 19.9 Å². The number of hydrogen-bond acceptors (Lipinski definition) is 5. The van der Waals surface area contributed by atoms with Crippen LogP contribution >= 0.6 is 0 Å². The average molecular weight is 274 g/mol. The highest BCUT2D eigenvalue weighted by molar-refractivity contribution is 6.27. The first-order valence-electron chi connectivity index (χ1n) is 6.34. The van der Waals surface area contributed by atoms with E-state index in [1.807, 2.05) is 0 Å². The number of phenols is 1. The Morgan fingerprint density at radius 2 is 1.95 bits per heavy atom. The van der Waals surface area contributed by atoms with Gasteiger partial charge in [0, 0.05) is 12.0 Å². The number of benzene rings is 1. The summed E-state index contributed by atoms with van der Waals surface area (Å²) >= 11 is 0. The number of carbonyl (C=O) groups is 2. The number of aliphatic hydroxyl groups is 1. The van der Waals surface area contributed by atoms with Crippen molar-refractivity contribution in [1.82, 2.24) is 0 Å². The maximum Gasteiger partial charge on any atom is 0.232 e. The van der Waals surface area contributed by atoms with Gasteiger partial charge in [-0.1, -0.05) is 12.1 Å². The smallest absolute Gasteiger partial charge is 0.232 e. The van der Waals surface area contributed by atoms with E-state index in [-0.39, 0.29) is 34.6 Å². The topological polar surface area (TPSA) is 83.8 Å². The van der Waals surface area contributed by atoms with E-state index >= 15 is 0 Å². The molecule has 0 bridgehead atoms. The Kier molecular flexibility index (Phi) is 2.53. The monoisotopic (exact) mass is 274 g/mol. The van der Waals surface area contributed by atoms with Crippen LogP contribution in [-0.2, 0) is 4.74 Å². The molecule has 3 rings (SSSR count). The second-order valence-corrected chi connectivity index (χ2v) is 5.68. The Hall–Kier alpha value is -2.14. The van der Waals surface area contributed by atoms with Crippen LogP contribution in [0.15, 0.2) is 29.5 Å². The zero-order valence-corrected chi connectivity index (χ0v) is 11.1. The van der Waals surface area contributed by atoms with Gasteiger partial charge < -0.3 is 14.9 Å². The molecule has 1 aromatic carbocycles. The van der Waals surface area contributed by atoms with Crippen LogP contribution in [0.3, 0.4) is 0 Å². The van der Waals surface area contributed by atoms with Crippen molar-refractivity contribution in [3.63, 3.8) is 0 Å². The number of rotatable bonds is 0. The molecule has 1 aliphatic carbocycles. The standard InChI is InChI=1S/C15H14O5/c1-15(2)6-9(17)11-12(18)7-4-3-5-8(16)10(7)13(19)14(11)20-15/h3-5,9,16-17H,6H2,1-2H3. The summed E-state index contributed by atoms with van der Waals surface area (Å²) in [7, 11) is 0. The van der Waals surface area contributed by atoms with Crippen molar-refractivity contribution in [3.05, 3.63) is 40.7 Å². The van der Waals surface area contributed by atoms with Gasteiger partial charge in [0.15, 0.2) is 11.5 Å². The van der Waals surface area contributed by atoms with Crippen molar-refractivity contribution in [3.8, 4) is 5.75 Å². The Balaban J connectivity index is 2.24. The van der Waals surface area contributed by atoms with Crippen molar-refractivity contribution in [2.45, 2.75) is 32.0 Å². The number of fused-ring (bicyclic) bond motifs is 1. The second kappa shape index (κ2) is 3.93. The first-order chi connectivity index (χ1) is 9.32. The maximum absolute atomic E-state index is 12.4. The van der Waals surface area contributed by atoms with Crippen molar-refractivity contribution in [2.24, 2.45) is 0 Å². The van der Waals surface area contributed by atoms with Gasteiger partial charge >= 0.3 is 0 Å². The molecule has 0 aromatic heterocycles. The molecule has 104 valence electrons. The molecule has 0 saturated carbocycles. The highest BCUT2D eigenvalue weighted by atomic mass is 16.5. The molecule has 0 spiro atoms. The SMILES string of the molecule is CC1(C)CC(O)C2=C(O1)C(=O)c1c(O)cccc1C2=O. The van der Waals surface area contributed by atoms with Crippen molar-refractivity contribution in [2.75, 3.05) is 0 Å². The van der Waals surface area contributed by atoms with Crippen molar-refractivity contribution >= 4 is 11.6 Å². The van der Waals surface area contributed by atoms with Gasteiger partial charge in [-0.3, -0.25) is 9.59 Å². The van der Waals surface area contributed by atoms with Crippen molar-refractivity contribution in [1.29, 1.82) is 0 Å². The zero-order chi connectivity index (χ0) is 14.7. The second-order valence-electron chi connectivity index (χ2n) is 5.68. The van der Waals surface area contributed by atoms with Crippen LogP contribution in [0, 0.1) is 0 Å². The summed E-state index contributed by atoms with van der Waals surface area (Å²) in [6.07, 6.45) is -0.806. The van der Waals surface area contributed by atoms with Gasteiger partial charge in [0.05, 0.1) is 17.2 Å². The summed E-state index contributed by atoms with van der Waals surface area (Å²) in [5.41, 5.74) is -0.694. The van der Waals surface area contributed by atoms with E-state index < -0.39 is 23.3 Å². The van der Waals surface area contributed by atoms with Crippen LogP contribution in [0.25, 0.3) is 0 Å². The fourth-order valence-corrected chi connectivity index (χ4v) is 2.74. The molecule has 1 aliphatic heterocycles. The van der Waals surface area contributed by atoms with Crippen molar-refractivity contribution < 1.29 is 24.5 Å². The Morgan fingerprint density at radius 1 is 1.25 bits per heavy atom. The number of ether oxygens (including phenoxy) is 1. The number of hydrogen-bond donors (Lipinski definition) is 2. The van der Waals surface area contributed by atoms with E-state index in [9.17, 15) is 19.8 Å². The molecule has 0 radical (unpaired) electrons. The molecule has 2 N–H and O–H groups in total. The number of allylic oxidation sites excluding steroid dienone is 1. The molecule has 1 atom stereocenters. The van der Waals surface area contributed by atoms with E-state index in [2.05, 4.69) is 0 Å². The Labute approximate surface area is 115 Å². The lowest BCUT2D eigenvalue weighted by Gasteiger charge is -2.38. The Bertz CT molecular complexity index is 669. The van der Waals surface area contributed by atoms with E-state index in [1.54, 1.807) is 13.8 Å². The first kappa shape index (κ1) is 12.9. The van der Waals surface area contributed by atoms with Gasteiger partial charge in [0.2, 0.25) is 5.78 Å². The molecule has 1 aromatic rings. The number of aromatic hydroxyl groups is 1. The lowest BCUT2D eigenvalue weighted by molar-refractivity contribution is -0.0250. The van der Waals surface area contributed by atoms with Gasteiger partial charge in [0.1, 0.15) is 11.4 Å². The lowest BCUT2D eigenvalue weighted by atomic mass is 9.80. The fourth-order valence-electron chi connectivity index (χ4n) is 2.74. The number of phenolic OH excluding ortho intramolecular Hbond substituents is 1. The van der Waals surface area contributed by atoms with Crippen LogP contribution in [0.5, 0.6) is 5.75 Å². The summed E-state index contributed by atoms with van der Waals surface area (Å²) < 4.78 is 5.58. The highest BCUT2D eigenvalue weighted by Gasteiger charge is 2.45. The van der Waals surface area contributed by atoms with E-state index in [0.717, 1.165) is 0 Å². The quantitative estimate of drug-likeness (QED) is 0.750. The summed E-state index contributed by atoms with van der Waals surface area (Å²) in [6, 6.07) is 4.30. The highest BCUT2D eigenvalue weighted by Crippen LogP contribution is 2.40. The number of ketones is 2. The lowest BCUT2D eigenvalue weighted by Crippen LogP contribution is -2.42. The van der Waals surface area contributed by atoms with Crippen LogP contribution < -0.4 is 0 Å². The van der Waals surface area contributed by atoms with E-state index in [0.29, 0.717) is 0 Å². The molecule has 1 unspecified atom stereocenters. The number of aliphatic hydroxyl groups excluding tert-OH is 1.